The van der Waals surface area contributed by atoms with Crippen molar-refractivity contribution < 1.29 is 16.8 Å². The summed E-state index contributed by atoms with van der Waals surface area (Å²) in [5.41, 5.74) is 0. The second-order valence-electron chi connectivity index (χ2n) is 6.40. The summed E-state index contributed by atoms with van der Waals surface area (Å²) in [6.45, 7) is 2.36. The van der Waals surface area contributed by atoms with Crippen molar-refractivity contribution in [1.82, 2.24) is 9.21 Å². The van der Waals surface area contributed by atoms with Crippen molar-refractivity contribution >= 4 is 35.8 Å². The molecule has 0 unspecified atom stereocenters. The number of piperidine rings is 1. The number of benzene rings is 1. The Labute approximate surface area is 152 Å². The van der Waals surface area contributed by atoms with Gasteiger partial charge in [0.25, 0.3) is 0 Å². The molecule has 1 aromatic carbocycles. The molecule has 6 nitrogen and oxygen atoms in total. The SMILES string of the molecule is CN1CCC(CN(C)S(=O)(=O)c2cc(S(C)(=O)=O)ccc2Br)CC1. The summed E-state index contributed by atoms with van der Waals surface area (Å²) >= 11 is 3.23. The summed E-state index contributed by atoms with van der Waals surface area (Å²) in [6.07, 6.45) is 2.98. The Morgan fingerprint density at radius 3 is 2.33 bits per heavy atom. The van der Waals surface area contributed by atoms with E-state index in [0.717, 1.165) is 32.2 Å². The largest absolute Gasteiger partial charge is 0.306 e. The van der Waals surface area contributed by atoms with Gasteiger partial charge in [0.05, 0.1) is 9.79 Å². The highest BCUT2D eigenvalue weighted by Gasteiger charge is 2.28. The lowest BCUT2D eigenvalue weighted by Gasteiger charge is -2.31. The minimum atomic E-state index is -3.76. The lowest BCUT2D eigenvalue weighted by atomic mass is 9.97. The highest BCUT2D eigenvalue weighted by Crippen LogP contribution is 2.28. The Balaban J connectivity index is 2.26. The molecular formula is C15H23BrN2O4S2. The molecule has 1 heterocycles. The van der Waals surface area contributed by atoms with Crippen LogP contribution in [-0.4, -0.2) is 66.0 Å². The molecule has 136 valence electrons. The maximum atomic E-state index is 12.9. The first-order valence-corrected chi connectivity index (χ1v) is 11.8. The van der Waals surface area contributed by atoms with Gasteiger partial charge in [0.1, 0.15) is 0 Å². The minimum absolute atomic E-state index is 0.00281. The zero-order valence-corrected chi connectivity index (χ0v) is 17.3. The number of hydrogen-bond acceptors (Lipinski definition) is 5. The molecule has 0 radical (unpaired) electrons. The van der Waals surface area contributed by atoms with Gasteiger partial charge in [-0.2, -0.15) is 0 Å². The van der Waals surface area contributed by atoms with E-state index in [9.17, 15) is 16.8 Å². The highest BCUT2D eigenvalue weighted by atomic mass is 79.9. The second kappa shape index (κ2) is 7.41. The van der Waals surface area contributed by atoms with E-state index in [0.29, 0.717) is 16.9 Å². The van der Waals surface area contributed by atoms with Gasteiger partial charge in [-0.3, -0.25) is 0 Å². The molecule has 0 atom stereocenters. The summed E-state index contributed by atoms with van der Waals surface area (Å²) < 4.78 is 50.8. The second-order valence-corrected chi connectivity index (χ2v) is 11.3. The summed E-state index contributed by atoms with van der Waals surface area (Å²) in [5, 5.41) is 0. The molecule has 0 amide bonds. The van der Waals surface area contributed by atoms with Crippen LogP contribution in [0.5, 0.6) is 0 Å². The van der Waals surface area contributed by atoms with E-state index >= 15 is 0 Å². The Bertz CT molecular complexity index is 801. The van der Waals surface area contributed by atoms with Crippen LogP contribution in [0.25, 0.3) is 0 Å². The zero-order valence-electron chi connectivity index (χ0n) is 14.1. The maximum absolute atomic E-state index is 12.9. The van der Waals surface area contributed by atoms with Crippen molar-refractivity contribution in [3.63, 3.8) is 0 Å². The molecule has 1 aromatic rings. The van der Waals surface area contributed by atoms with Gasteiger partial charge in [-0.1, -0.05) is 0 Å². The monoisotopic (exact) mass is 438 g/mol. The van der Waals surface area contributed by atoms with E-state index in [1.54, 1.807) is 7.05 Å². The average Bonchev–Trinajstić information content (AvgIpc) is 2.48. The third-order valence-electron chi connectivity index (χ3n) is 4.37. The van der Waals surface area contributed by atoms with E-state index in [4.69, 9.17) is 0 Å². The van der Waals surface area contributed by atoms with Gasteiger partial charge in [0, 0.05) is 24.3 Å². The predicted molar refractivity (Wildman–Crippen MR) is 97.3 cm³/mol. The fourth-order valence-electron chi connectivity index (χ4n) is 2.79. The molecule has 0 saturated carbocycles. The first-order valence-electron chi connectivity index (χ1n) is 7.66. The third-order valence-corrected chi connectivity index (χ3v) is 8.30. The third kappa shape index (κ3) is 4.57. The van der Waals surface area contributed by atoms with E-state index in [2.05, 4.69) is 27.9 Å². The standard InChI is InChI=1S/C15H23BrN2O4S2/c1-17-8-6-12(7-9-17)11-18(2)24(21,22)15-10-13(23(3,19)20)4-5-14(15)16/h4-5,10,12H,6-9,11H2,1-3H3. The topological polar surface area (TPSA) is 74.8 Å². The fraction of sp³-hybridized carbons (Fsp3) is 0.600. The van der Waals surface area contributed by atoms with Gasteiger partial charge < -0.3 is 4.90 Å². The molecule has 24 heavy (non-hydrogen) atoms. The number of halogens is 1. The predicted octanol–water partition coefficient (Wildman–Crippen LogP) is 1.81. The minimum Gasteiger partial charge on any atom is -0.306 e. The normalized spacial score (nSPS) is 18.2. The van der Waals surface area contributed by atoms with Gasteiger partial charge in [-0.25, -0.2) is 21.1 Å². The maximum Gasteiger partial charge on any atom is 0.243 e. The van der Waals surface area contributed by atoms with Gasteiger partial charge in [0.15, 0.2) is 9.84 Å². The highest BCUT2D eigenvalue weighted by molar-refractivity contribution is 9.10. The summed E-state index contributed by atoms with van der Waals surface area (Å²) in [7, 11) is -3.62. The van der Waals surface area contributed by atoms with Gasteiger partial charge in [-0.15, -0.1) is 0 Å². The van der Waals surface area contributed by atoms with E-state index in [1.165, 1.54) is 22.5 Å². The summed E-state index contributed by atoms with van der Waals surface area (Å²) in [4.78, 5) is 2.22. The summed E-state index contributed by atoms with van der Waals surface area (Å²) in [5.74, 6) is 0.317. The van der Waals surface area contributed by atoms with E-state index in [-0.39, 0.29) is 9.79 Å². The Morgan fingerprint density at radius 2 is 1.79 bits per heavy atom. The van der Waals surface area contributed by atoms with Crippen LogP contribution in [0.2, 0.25) is 0 Å². The molecule has 2 rings (SSSR count). The molecule has 1 fully saturated rings. The van der Waals surface area contributed by atoms with Gasteiger partial charge >= 0.3 is 0 Å². The van der Waals surface area contributed by atoms with Gasteiger partial charge in [0.2, 0.25) is 10.0 Å². The van der Waals surface area contributed by atoms with E-state index < -0.39 is 19.9 Å². The first kappa shape index (κ1) is 19.8. The molecule has 1 aliphatic rings. The summed E-state index contributed by atoms with van der Waals surface area (Å²) in [6, 6.07) is 4.09. The Kier molecular flexibility index (Phi) is 6.12. The van der Waals surface area contributed by atoms with Crippen molar-refractivity contribution in [3.05, 3.63) is 22.7 Å². The number of sulfonamides is 1. The van der Waals surface area contributed by atoms with Crippen LogP contribution in [0.3, 0.4) is 0 Å². The molecule has 0 N–H and O–H groups in total. The van der Waals surface area contributed by atoms with Gasteiger partial charge in [-0.05, 0) is 73.0 Å². The van der Waals surface area contributed by atoms with Crippen LogP contribution in [0.4, 0.5) is 0 Å². The number of nitrogens with zero attached hydrogens (tertiary/aromatic N) is 2. The molecule has 0 spiro atoms. The van der Waals surface area contributed by atoms with Crippen LogP contribution in [0, 0.1) is 5.92 Å². The Morgan fingerprint density at radius 1 is 1.21 bits per heavy atom. The molecule has 0 aromatic heterocycles. The number of hydrogen-bond donors (Lipinski definition) is 0. The van der Waals surface area contributed by atoms with Crippen LogP contribution in [0.1, 0.15) is 12.8 Å². The van der Waals surface area contributed by atoms with Crippen molar-refractivity contribution in [1.29, 1.82) is 0 Å². The van der Waals surface area contributed by atoms with Crippen molar-refractivity contribution in [2.24, 2.45) is 5.92 Å². The zero-order chi connectivity index (χ0) is 18.1. The number of likely N-dealkylation sites (tertiary alicyclic amines) is 1. The van der Waals surface area contributed by atoms with Crippen molar-refractivity contribution in [3.8, 4) is 0 Å². The first-order chi connectivity index (χ1) is 11.0. The molecule has 0 bridgehead atoms. The number of sulfone groups is 1. The Hall–Kier alpha value is -0.480. The molecular weight excluding hydrogens is 416 g/mol. The number of rotatable bonds is 5. The lowest BCUT2D eigenvalue weighted by Crippen LogP contribution is -2.38. The quantitative estimate of drug-likeness (QED) is 0.700. The fourth-order valence-corrected chi connectivity index (χ4v) is 5.70. The van der Waals surface area contributed by atoms with Crippen LogP contribution in [-0.2, 0) is 19.9 Å². The van der Waals surface area contributed by atoms with Crippen LogP contribution >= 0.6 is 15.9 Å². The van der Waals surface area contributed by atoms with E-state index in [1.807, 2.05) is 0 Å². The van der Waals surface area contributed by atoms with Crippen molar-refractivity contribution in [2.45, 2.75) is 22.6 Å². The smallest absolute Gasteiger partial charge is 0.243 e. The molecule has 0 aliphatic carbocycles. The van der Waals surface area contributed by atoms with Crippen molar-refractivity contribution in [2.75, 3.05) is 40.0 Å². The van der Waals surface area contributed by atoms with Crippen LogP contribution < -0.4 is 0 Å². The molecule has 9 heteroatoms. The molecule has 1 saturated heterocycles. The van der Waals surface area contributed by atoms with Crippen LogP contribution in [0.15, 0.2) is 32.5 Å². The average molecular weight is 439 g/mol. The molecule has 1 aliphatic heterocycles. The lowest BCUT2D eigenvalue weighted by molar-refractivity contribution is 0.202.